The summed E-state index contributed by atoms with van der Waals surface area (Å²) < 4.78 is 42.7. The van der Waals surface area contributed by atoms with Gasteiger partial charge in [0.05, 0.1) is 11.1 Å². The first kappa shape index (κ1) is 21.5. The summed E-state index contributed by atoms with van der Waals surface area (Å²) in [5, 5.41) is 12.1. The van der Waals surface area contributed by atoms with Gasteiger partial charge in [0.2, 0.25) is 5.91 Å². The number of nitrogens with two attached hydrogens (primary N) is 1. The third-order valence-corrected chi connectivity index (χ3v) is 2.69. The fraction of sp³-hybridized carbons (Fsp3) is 0.500. The van der Waals surface area contributed by atoms with E-state index < -0.39 is 29.3 Å². The average Bonchev–Trinajstić information content (AvgIpc) is 2.40. The molecule has 0 aliphatic heterocycles. The number of rotatable bonds is 6. The van der Waals surface area contributed by atoms with Crippen LogP contribution in [-0.2, 0) is 11.0 Å². The van der Waals surface area contributed by atoms with Crippen LogP contribution in [0.15, 0.2) is 24.3 Å². The molecule has 1 rings (SSSR count). The van der Waals surface area contributed by atoms with E-state index in [1.54, 1.807) is 0 Å². The van der Waals surface area contributed by atoms with Crippen molar-refractivity contribution < 1.29 is 27.8 Å². The Morgan fingerprint density at radius 2 is 2.00 bits per heavy atom. The number of amides is 1. The van der Waals surface area contributed by atoms with Crippen molar-refractivity contribution in [1.82, 2.24) is 5.32 Å². The van der Waals surface area contributed by atoms with Gasteiger partial charge in [-0.25, -0.2) is 0 Å². The van der Waals surface area contributed by atoms with Crippen LogP contribution >= 0.6 is 12.4 Å². The molecule has 5 nitrogen and oxygen atoms in total. The molecule has 0 saturated carbocycles. The Morgan fingerprint density at radius 3 is 2.52 bits per heavy atom. The lowest BCUT2D eigenvalue weighted by atomic mass is 10.1. The van der Waals surface area contributed by atoms with E-state index in [-0.39, 0.29) is 31.3 Å². The van der Waals surface area contributed by atoms with Gasteiger partial charge < -0.3 is 20.9 Å². The quantitative estimate of drug-likeness (QED) is 0.724. The van der Waals surface area contributed by atoms with E-state index in [0.717, 1.165) is 12.1 Å². The van der Waals surface area contributed by atoms with E-state index >= 15 is 0 Å². The average molecular weight is 357 g/mol. The molecule has 0 radical (unpaired) electrons. The molecule has 1 atom stereocenters. The number of hydrogen-bond donors (Lipinski definition) is 3. The van der Waals surface area contributed by atoms with Crippen molar-refractivity contribution in [2.24, 2.45) is 5.73 Å². The van der Waals surface area contributed by atoms with Gasteiger partial charge in [0.15, 0.2) is 0 Å². The second-order valence-corrected chi connectivity index (χ2v) is 5.42. The summed E-state index contributed by atoms with van der Waals surface area (Å²) in [6, 6.07) is 4.33. The van der Waals surface area contributed by atoms with Crippen LogP contribution < -0.4 is 15.8 Å². The predicted octanol–water partition coefficient (Wildman–Crippen LogP) is 1.72. The molecule has 1 amide bonds. The van der Waals surface area contributed by atoms with Crippen LogP contribution in [0.25, 0.3) is 0 Å². The highest BCUT2D eigenvalue weighted by Gasteiger charge is 2.30. The third kappa shape index (κ3) is 7.54. The summed E-state index contributed by atoms with van der Waals surface area (Å²) in [6.45, 7) is 2.65. The van der Waals surface area contributed by atoms with Crippen molar-refractivity contribution in [3.8, 4) is 5.75 Å². The maximum atomic E-state index is 12.5. The van der Waals surface area contributed by atoms with Crippen LogP contribution in [0.5, 0.6) is 5.75 Å². The highest BCUT2D eigenvalue weighted by Crippen LogP contribution is 2.31. The van der Waals surface area contributed by atoms with Crippen molar-refractivity contribution in [3.63, 3.8) is 0 Å². The van der Waals surface area contributed by atoms with Gasteiger partial charge in [-0.3, -0.25) is 4.79 Å². The highest BCUT2D eigenvalue weighted by atomic mass is 35.5. The minimum absolute atomic E-state index is 0. The lowest BCUT2D eigenvalue weighted by Crippen LogP contribution is -2.51. The number of carbonyl (C=O) groups is 1. The van der Waals surface area contributed by atoms with Gasteiger partial charge >= 0.3 is 6.18 Å². The Labute approximate surface area is 138 Å². The Morgan fingerprint density at radius 1 is 1.39 bits per heavy atom. The van der Waals surface area contributed by atoms with E-state index in [9.17, 15) is 23.1 Å². The number of ether oxygens (including phenoxy) is 1. The van der Waals surface area contributed by atoms with Gasteiger partial charge in [-0.1, -0.05) is 6.07 Å². The summed E-state index contributed by atoms with van der Waals surface area (Å²) in [6.07, 6.45) is -5.53. The minimum Gasteiger partial charge on any atom is -0.491 e. The van der Waals surface area contributed by atoms with E-state index in [2.05, 4.69) is 5.32 Å². The minimum atomic E-state index is -4.46. The maximum absolute atomic E-state index is 12.5. The zero-order valence-electron chi connectivity index (χ0n) is 12.7. The molecule has 0 heterocycles. The van der Waals surface area contributed by atoms with Crippen LogP contribution in [0.2, 0.25) is 0 Å². The van der Waals surface area contributed by atoms with Crippen LogP contribution in [0.1, 0.15) is 19.4 Å². The van der Waals surface area contributed by atoms with Crippen molar-refractivity contribution in [2.75, 3.05) is 13.2 Å². The molecular weight excluding hydrogens is 337 g/mol. The molecular formula is C14H20ClF3N2O3. The number of benzene rings is 1. The molecule has 4 N–H and O–H groups in total. The molecule has 1 aromatic rings. The highest BCUT2D eigenvalue weighted by molar-refractivity contribution is 5.85. The molecule has 0 fully saturated rings. The molecule has 0 aliphatic rings. The van der Waals surface area contributed by atoms with E-state index in [1.807, 2.05) is 0 Å². The van der Waals surface area contributed by atoms with Crippen molar-refractivity contribution in [2.45, 2.75) is 31.7 Å². The Hall–Kier alpha value is -1.51. The zero-order valence-corrected chi connectivity index (χ0v) is 13.5. The Balaban J connectivity index is 0.00000484. The molecule has 0 saturated heterocycles. The second-order valence-electron chi connectivity index (χ2n) is 5.42. The summed E-state index contributed by atoms with van der Waals surface area (Å²) in [7, 11) is 0. The molecule has 9 heteroatoms. The van der Waals surface area contributed by atoms with Crippen LogP contribution in [0.3, 0.4) is 0 Å². The fourth-order valence-corrected chi connectivity index (χ4v) is 1.45. The molecule has 0 spiro atoms. The summed E-state index contributed by atoms with van der Waals surface area (Å²) in [5.41, 5.74) is 3.64. The smallest absolute Gasteiger partial charge is 0.416 e. The van der Waals surface area contributed by atoms with Gasteiger partial charge in [0.25, 0.3) is 0 Å². The zero-order chi connectivity index (χ0) is 17.0. The van der Waals surface area contributed by atoms with Crippen molar-refractivity contribution in [3.05, 3.63) is 29.8 Å². The first-order chi connectivity index (χ1) is 10.00. The Bertz CT molecular complexity index is 519. The van der Waals surface area contributed by atoms with Gasteiger partial charge in [-0.05, 0) is 32.0 Å². The monoisotopic (exact) mass is 356 g/mol. The number of aliphatic hydroxyl groups excluding tert-OH is 1. The van der Waals surface area contributed by atoms with Gasteiger partial charge in [-0.15, -0.1) is 12.4 Å². The number of halogens is 4. The Kier molecular flexibility index (Phi) is 7.82. The first-order valence-corrected chi connectivity index (χ1v) is 6.55. The lowest BCUT2D eigenvalue weighted by molar-refractivity contribution is -0.137. The molecule has 0 aliphatic carbocycles. The molecule has 1 unspecified atom stereocenters. The predicted molar refractivity (Wildman–Crippen MR) is 81.5 cm³/mol. The maximum Gasteiger partial charge on any atom is 0.416 e. The van der Waals surface area contributed by atoms with Crippen LogP contribution in [0, 0.1) is 0 Å². The number of alkyl halides is 3. The molecule has 0 aromatic heterocycles. The summed E-state index contributed by atoms with van der Waals surface area (Å²) in [5.74, 6) is -0.468. The first-order valence-electron chi connectivity index (χ1n) is 6.55. The van der Waals surface area contributed by atoms with E-state index in [1.165, 1.54) is 26.0 Å². The van der Waals surface area contributed by atoms with Crippen molar-refractivity contribution in [1.29, 1.82) is 0 Å². The SMILES string of the molecule is CC(C)(N)C(=O)NCC(O)COc1cccc(C(F)(F)F)c1.Cl. The van der Waals surface area contributed by atoms with E-state index in [0.29, 0.717) is 0 Å². The summed E-state index contributed by atoms with van der Waals surface area (Å²) >= 11 is 0. The number of hydrogen-bond acceptors (Lipinski definition) is 4. The second kappa shape index (κ2) is 8.37. The standard InChI is InChI=1S/C14H19F3N2O3.ClH/c1-13(2,18)12(21)19-7-10(20)8-22-11-5-3-4-9(6-11)14(15,16)17;/h3-6,10,20H,7-8,18H2,1-2H3,(H,19,21);1H. The number of nitrogens with one attached hydrogen (secondary N) is 1. The fourth-order valence-electron chi connectivity index (χ4n) is 1.45. The molecule has 1 aromatic carbocycles. The van der Waals surface area contributed by atoms with E-state index in [4.69, 9.17) is 10.5 Å². The third-order valence-electron chi connectivity index (χ3n) is 2.69. The normalized spacial score (nSPS) is 13.0. The summed E-state index contributed by atoms with van der Waals surface area (Å²) in [4.78, 5) is 11.5. The van der Waals surface area contributed by atoms with Gasteiger partial charge in [0.1, 0.15) is 18.5 Å². The van der Waals surface area contributed by atoms with Crippen LogP contribution in [-0.4, -0.2) is 35.8 Å². The largest absolute Gasteiger partial charge is 0.491 e. The molecule has 0 bridgehead atoms. The topological polar surface area (TPSA) is 84.6 Å². The molecule has 23 heavy (non-hydrogen) atoms. The number of aliphatic hydroxyl groups is 1. The van der Waals surface area contributed by atoms with Crippen molar-refractivity contribution >= 4 is 18.3 Å². The van der Waals surface area contributed by atoms with Gasteiger partial charge in [0, 0.05) is 6.54 Å². The van der Waals surface area contributed by atoms with Crippen LogP contribution in [0.4, 0.5) is 13.2 Å². The van der Waals surface area contributed by atoms with Gasteiger partial charge in [-0.2, -0.15) is 13.2 Å². The lowest BCUT2D eigenvalue weighted by Gasteiger charge is -2.19. The molecule has 132 valence electrons. The number of carbonyl (C=O) groups excluding carboxylic acids is 1.